The van der Waals surface area contributed by atoms with Crippen molar-refractivity contribution in [3.63, 3.8) is 0 Å². The lowest BCUT2D eigenvalue weighted by Crippen LogP contribution is -2.39. The quantitative estimate of drug-likeness (QED) is 0.560. The van der Waals surface area contributed by atoms with Crippen molar-refractivity contribution in [3.05, 3.63) is 64.8 Å². The summed E-state index contributed by atoms with van der Waals surface area (Å²) in [5.41, 5.74) is 4.46. The molecule has 2 aromatic carbocycles. The van der Waals surface area contributed by atoms with Gasteiger partial charge < -0.3 is 10.4 Å². The van der Waals surface area contributed by atoms with Crippen molar-refractivity contribution in [3.8, 4) is 11.8 Å². The number of nitrogens with one attached hydrogen (secondary N) is 1. The Morgan fingerprint density at radius 3 is 2.45 bits per heavy atom. The highest BCUT2D eigenvalue weighted by Crippen LogP contribution is 2.29. The van der Waals surface area contributed by atoms with Crippen LogP contribution in [0.2, 0.25) is 0 Å². The number of carbonyl (C=O) groups is 2. The maximum absolute atomic E-state index is 13.4. The number of carboxylic acid groups (broad SMARTS) is 1. The predicted octanol–water partition coefficient (Wildman–Crippen LogP) is 4.70. The zero-order valence-electron chi connectivity index (χ0n) is 19.3. The first-order chi connectivity index (χ1) is 15.9. The molecule has 1 aliphatic rings. The first-order valence-electron chi connectivity index (χ1n) is 11.4. The van der Waals surface area contributed by atoms with Crippen molar-refractivity contribution in [2.75, 3.05) is 0 Å². The Labute approximate surface area is 194 Å². The van der Waals surface area contributed by atoms with Crippen molar-refractivity contribution < 1.29 is 14.7 Å². The van der Waals surface area contributed by atoms with Gasteiger partial charge in [-0.05, 0) is 64.2 Å². The van der Waals surface area contributed by atoms with Crippen molar-refractivity contribution in [2.24, 2.45) is 5.92 Å². The van der Waals surface area contributed by atoms with Gasteiger partial charge in [0.2, 0.25) is 0 Å². The number of aliphatic carboxylic acids is 1. The number of carbonyl (C=O) groups excluding carboxylic acids is 1. The van der Waals surface area contributed by atoms with E-state index in [1.807, 2.05) is 16.8 Å². The number of aryl methyl sites for hydroxylation is 1. The third kappa shape index (κ3) is 4.63. The number of fused-ring (bicyclic) bond motifs is 1. The van der Waals surface area contributed by atoms with E-state index in [0.717, 1.165) is 22.0 Å². The summed E-state index contributed by atoms with van der Waals surface area (Å²) >= 11 is 0. The summed E-state index contributed by atoms with van der Waals surface area (Å²) in [7, 11) is 0. The second kappa shape index (κ2) is 9.50. The molecule has 2 N–H and O–H groups in total. The number of benzene rings is 2. The number of hydrogen-bond donors (Lipinski definition) is 2. The van der Waals surface area contributed by atoms with Gasteiger partial charge in [0.05, 0.1) is 29.2 Å². The lowest BCUT2D eigenvalue weighted by molar-refractivity contribution is -0.142. The standard InChI is InChI=1S/C27H29N3O3/c1-4-5-20-12-15-23(26(31)29-22-13-10-21(11-14-22)27(32)33)25-24(20)16-28-30(25)18(3)19-8-6-17(2)7-9-19/h6-9,12,15-16,18,21-22H,10-11,13-14H2,1-3H3,(H,29,31)(H,32,33)/t18-,21?,22?/m1/s1. The molecule has 1 amide bonds. The van der Waals surface area contributed by atoms with Gasteiger partial charge in [0.25, 0.3) is 5.91 Å². The van der Waals surface area contributed by atoms with E-state index in [1.54, 1.807) is 13.1 Å². The van der Waals surface area contributed by atoms with Crippen LogP contribution in [0.5, 0.6) is 0 Å². The van der Waals surface area contributed by atoms with Crippen LogP contribution in [-0.4, -0.2) is 32.8 Å². The molecule has 6 heteroatoms. The zero-order valence-corrected chi connectivity index (χ0v) is 19.3. The van der Waals surface area contributed by atoms with Crippen molar-refractivity contribution >= 4 is 22.8 Å². The number of nitrogens with zero attached hydrogens (tertiary/aromatic N) is 2. The van der Waals surface area contributed by atoms with Crippen LogP contribution in [-0.2, 0) is 4.79 Å². The van der Waals surface area contributed by atoms with E-state index < -0.39 is 5.97 Å². The molecule has 33 heavy (non-hydrogen) atoms. The van der Waals surface area contributed by atoms with E-state index in [-0.39, 0.29) is 23.9 Å². The van der Waals surface area contributed by atoms with Gasteiger partial charge in [-0.3, -0.25) is 14.3 Å². The van der Waals surface area contributed by atoms with Gasteiger partial charge in [0, 0.05) is 17.0 Å². The molecule has 0 aliphatic heterocycles. The highest BCUT2D eigenvalue weighted by atomic mass is 16.4. The number of rotatable bonds is 5. The number of amides is 1. The molecular formula is C27H29N3O3. The Bertz CT molecular complexity index is 1240. The van der Waals surface area contributed by atoms with Gasteiger partial charge in [0.1, 0.15) is 0 Å². The Balaban J connectivity index is 1.69. The average molecular weight is 444 g/mol. The molecular weight excluding hydrogens is 414 g/mol. The molecule has 170 valence electrons. The van der Waals surface area contributed by atoms with E-state index in [2.05, 4.69) is 60.4 Å². The third-order valence-corrected chi connectivity index (χ3v) is 6.60. The lowest BCUT2D eigenvalue weighted by Gasteiger charge is -2.27. The maximum Gasteiger partial charge on any atom is 0.306 e. The maximum atomic E-state index is 13.4. The number of hydrogen-bond acceptors (Lipinski definition) is 3. The molecule has 1 aromatic heterocycles. The van der Waals surface area contributed by atoms with Crippen LogP contribution in [0.1, 0.15) is 72.6 Å². The first kappa shape index (κ1) is 22.6. The molecule has 0 bridgehead atoms. The van der Waals surface area contributed by atoms with Crippen LogP contribution < -0.4 is 5.32 Å². The Hall–Kier alpha value is -3.59. The minimum absolute atomic E-state index is 0.0239. The molecule has 0 saturated heterocycles. The second-order valence-corrected chi connectivity index (χ2v) is 8.83. The summed E-state index contributed by atoms with van der Waals surface area (Å²) in [4.78, 5) is 24.6. The molecule has 0 radical (unpaired) electrons. The van der Waals surface area contributed by atoms with Gasteiger partial charge in [-0.25, -0.2) is 0 Å². The normalized spacial score (nSPS) is 18.9. The summed E-state index contributed by atoms with van der Waals surface area (Å²) in [6.45, 7) is 5.92. The molecule has 4 rings (SSSR count). The van der Waals surface area contributed by atoms with Crippen LogP contribution >= 0.6 is 0 Å². The molecule has 0 spiro atoms. The van der Waals surface area contributed by atoms with Gasteiger partial charge in [0.15, 0.2) is 0 Å². The molecule has 1 aliphatic carbocycles. The Morgan fingerprint density at radius 2 is 1.82 bits per heavy atom. The van der Waals surface area contributed by atoms with Gasteiger partial charge >= 0.3 is 5.97 Å². The number of aromatic nitrogens is 2. The average Bonchev–Trinajstić information content (AvgIpc) is 3.25. The highest BCUT2D eigenvalue weighted by Gasteiger charge is 2.28. The molecule has 1 fully saturated rings. The van der Waals surface area contributed by atoms with Crippen molar-refractivity contribution in [1.29, 1.82) is 0 Å². The SMILES string of the molecule is CC#Cc1ccc(C(=O)NC2CCC(C(=O)O)CC2)c2c1cnn2[C@H](C)c1ccc(C)cc1. The number of carboxylic acids is 1. The lowest BCUT2D eigenvalue weighted by atomic mass is 9.86. The molecule has 6 nitrogen and oxygen atoms in total. The predicted molar refractivity (Wildman–Crippen MR) is 128 cm³/mol. The summed E-state index contributed by atoms with van der Waals surface area (Å²) in [6, 6.07) is 11.9. The largest absolute Gasteiger partial charge is 0.481 e. The topological polar surface area (TPSA) is 84.2 Å². The summed E-state index contributed by atoms with van der Waals surface area (Å²) in [6.07, 6.45) is 4.30. The van der Waals surface area contributed by atoms with E-state index in [9.17, 15) is 14.7 Å². The summed E-state index contributed by atoms with van der Waals surface area (Å²) in [5, 5.41) is 17.9. The highest BCUT2D eigenvalue weighted by molar-refractivity contribution is 6.07. The summed E-state index contributed by atoms with van der Waals surface area (Å²) < 4.78 is 1.90. The minimum atomic E-state index is -0.747. The smallest absolute Gasteiger partial charge is 0.306 e. The van der Waals surface area contributed by atoms with E-state index >= 15 is 0 Å². The zero-order chi connectivity index (χ0) is 23.5. The van der Waals surface area contributed by atoms with Crippen molar-refractivity contribution in [2.45, 2.75) is 58.5 Å². The van der Waals surface area contributed by atoms with Crippen LogP contribution in [0.15, 0.2) is 42.6 Å². The van der Waals surface area contributed by atoms with Gasteiger partial charge in [-0.15, -0.1) is 5.92 Å². The fraction of sp³-hybridized carbons (Fsp3) is 0.370. The van der Waals surface area contributed by atoms with Gasteiger partial charge in [-0.1, -0.05) is 35.7 Å². The second-order valence-electron chi connectivity index (χ2n) is 8.83. The fourth-order valence-corrected chi connectivity index (χ4v) is 4.62. The summed E-state index contributed by atoms with van der Waals surface area (Å²) in [5.74, 6) is 4.85. The molecule has 1 atom stereocenters. The van der Waals surface area contributed by atoms with E-state index in [1.165, 1.54) is 5.56 Å². The van der Waals surface area contributed by atoms with Crippen LogP contribution in [0.3, 0.4) is 0 Å². The first-order valence-corrected chi connectivity index (χ1v) is 11.4. The van der Waals surface area contributed by atoms with E-state index in [0.29, 0.717) is 31.2 Å². The van der Waals surface area contributed by atoms with Crippen LogP contribution in [0.25, 0.3) is 10.9 Å². The molecule has 0 unspecified atom stereocenters. The minimum Gasteiger partial charge on any atom is -0.481 e. The Kier molecular flexibility index (Phi) is 6.50. The van der Waals surface area contributed by atoms with E-state index in [4.69, 9.17) is 0 Å². The molecule has 3 aromatic rings. The molecule has 1 saturated carbocycles. The van der Waals surface area contributed by atoms with Crippen LogP contribution in [0.4, 0.5) is 0 Å². The molecule has 1 heterocycles. The van der Waals surface area contributed by atoms with Gasteiger partial charge in [-0.2, -0.15) is 5.10 Å². The third-order valence-electron chi connectivity index (χ3n) is 6.60. The monoisotopic (exact) mass is 443 g/mol. The Morgan fingerprint density at radius 1 is 1.12 bits per heavy atom. The fourth-order valence-electron chi connectivity index (χ4n) is 4.62. The van der Waals surface area contributed by atoms with Crippen molar-refractivity contribution in [1.82, 2.24) is 15.1 Å². The van der Waals surface area contributed by atoms with Crippen LogP contribution in [0, 0.1) is 24.7 Å².